The van der Waals surface area contributed by atoms with Crippen LogP contribution in [0.2, 0.25) is 0 Å². The van der Waals surface area contributed by atoms with Crippen molar-refractivity contribution < 1.29 is 42.9 Å². The number of aryl methyl sites for hydroxylation is 1. The molecule has 2 aromatic heterocycles. The van der Waals surface area contributed by atoms with Crippen molar-refractivity contribution in [2.75, 3.05) is 36.9 Å². The number of imidazole rings is 1. The second-order valence-electron chi connectivity index (χ2n) is 24.0. The number of esters is 2. The number of unbranched alkanes of at least 4 members (excludes halogenated alkanes) is 24. The lowest BCUT2D eigenvalue weighted by Gasteiger charge is -2.26. The van der Waals surface area contributed by atoms with E-state index >= 15 is 0 Å². The molecule has 0 aliphatic rings. The highest BCUT2D eigenvalue weighted by Crippen LogP contribution is 2.30. The fourth-order valence-corrected chi connectivity index (χ4v) is 10.8. The lowest BCUT2D eigenvalue weighted by molar-refractivity contribution is -0.157. The molecule has 4 N–H and O–H groups in total. The molecule has 0 saturated carbocycles. The predicted octanol–water partition coefficient (Wildman–Crippen LogP) is 15.5. The summed E-state index contributed by atoms with van der Waals surface area (Å²) in [4.78, 5) is 78.0. The number of carbonyl (C=O) groups excluding carboxylic acids is 5. The number of anilines is 1. The Kier molecular flexibility index (Phi) is 35.2. The van der Waals surface area contributed by atoms with Gasteiger partial charge in [0.05, 0.1) is 17.6 Å². The average molecular weight is 1150 g/mol. The molecule has 16 nitrogen and oxygen atoms in total. The topological polar surface area (TPSA) is 206 Å². The molecule has 1 aromatic carbocycles. The number of para-hydroxylation sites is 1. The van der Waals surface area contributed by atoms with E-state index in [-0.39, 0.29) is 55.4 Å². The average Bonchev–Trinajstić information content (AvgIpc) is 4.07. The van der Waals surface area contributed by atoms with Crippen molar-refractivity contribution in [3.8, 4) is 0 Å². The molecule has 1 unspecified atom stereocenters. The van der Waals surface area contributed by atoms with Gasteiger partial charge in [-0.2, -0.15) is 11.8 Å². The number of pyridine rings is 1. The molecular formula is C64H109N7O9S. The number of rotatable bonds is 44. The van der Waals surface area contributed by atoms with Gasteiger partial charge in [-0.1, -0.05) is 186 Å². The molecule has 2 heterocycles. The van der Waals surface area contributed by atoms with Crippen molar-refractivity contribution in [3.63, 3.8) is 0 Å². The van der Waals surface area contributed by atoms with E-state index in [0.717, 1.165) is 55.8 Å². The Morgan fingerprint density at radius 1 is 0.642 bits per heavy atom. The third-order valence-electron chi connectivity index (χ3n) is 14.2. The standard InChI is InChI=1S/C64H109N7O9S/c1-10-13-15-17-19-21-23-25-27-29-31-33-35-42-55(72)77-47-50(78-56(73)43-36-34-32-30-28-26-24-22-20-18-16-14-11-2)48-81-49-53(68-61(75)79-63(4,5)6)60(74)66-44-39-45-71-54(46-70(12-3)62(76)80-64(7,8)9)69-57-58(71)51-40-37-38-41-52(51)67-59(57)65/h37-38,40-41,50,53H,10-36,39,42-49H2,1-9H3,(H2,65,67)(H,66,74)(H,68,75)/t50?,53-/m0/s1. The Morgan fingerprint density at radius 2 is 1.15 bits per heavy atom. The van der Waals surface area contributed by atoms with E-state index in [2.05, 4.69) is 29.5 Å². The van der Waals surface area contributed by atoms with Crippen molar-refractivity contribution in [2.45, 2.75) is 285 Å². The molecular weight excluding hydrogens is 1040 g/mol. The Labute approximate surface area is 492 Å². The SMILES string of the molecule is CCCCCCCCCCCCCCCC(=O)OCC(CSC[C@H](NC(=O)OC(C)(C)C)C(=O)NCCCn1c(CN(CC)C(=O)OC(C)(C)C)nc2c(N)nc3ccccc3c21)OC(=O)CCCCCCCCCCCCCCC. The molecule has 0 radical (unpaired) electrons. The fraction of sp³-hybridized carbons (Fsp3) is 0.766. The number of hydrogen-bond donors (Lipinski definition) is 3. The summed E-state index contributed by atoms with van der Waals surface area (Å²) < 4.78 is 25.0. The lowest BCUT2D eigenvalue weighted by Crippen LogP contribution is -2.50. The van der Waals surface area contributed by atoms with Crippen molar-refractivity contribution >= 4 is 69.5 Å². The van der Waals surface area contributed by atoms with Gasteiger partial charge in [-0.05, 0) is 73.8 Å². The number of fused-ring (bicyclic) bond motifs is 3. The number of nitrogen functional groups attached to an aromatic ring is 1. The van der Waals surface area contributed by atoms with Crippen LogP contribution in [0.25, 0.3) is 21.9 Å². The van der Waals surface area contributed by atoms with Gasteiger partial charge in [0.2, 0.25) is 5.91 Å². The molecule has 0 bridgehead atoms. The maximum absolute atomic E-state index is 14.1. The summed E-state index contributed by atoms with van der Waals surface area (Å²) in [6, 6.07) is 6.65. The summed E-state index contributed by atoms with van der Waals surface area (Å²) in [5.74, 6) is 0.114. The zero-order valence-corrected chi connectivity index (χ0v) is 52.7. The van der Waals surface area contributed by atoms with Gasteiger partial charge in [-0.3, -0.25) is 14.4 Å². The number of carbonyl (C=O) groups is 5. The number of nitrogens with two attached hydrogens (primary N) is 1. The van der Waals surface area contributed by atoms with Crippen molar-refractivity contribution in [1.29, 1.82) is 0 Å². The lowest BCUT2D eigenvalue weighted by atomic mass is 10.0. The maximum Gasteiger partial charge on any atom is 0.410 e. The molecule has 3 amide bonds. The molecule has 3 rings (SSSR count). The van der Waals surface area contributed by atoms with Gasteiger partial charge in [0.25, 0.3) is 0 Å². The molecule has 81 heavy (non-hydrogen) atoms. The summed E-state index contributed by atoms with van der Waals surface area (Å²) in [5.41, 5.74) is 6.98. The molecule has 3 aromatic rings. The number of thioether (sulfide) groups is 1. The van der Waals surface area contributed by atoms with Crippen LogP contribution in [0.15, 0.2) is 24.3 Å². The first-order valence-corrected chi connectivity index (χ1v) is 32.7. The highest BCUT2D eigenvalue weighted by Gasteiger charge is 2.28. The van der Waals surface area contributed by atoms with E-state index < -0.39 is 41.4 Å². The number of alkyl carbamates (subject to hydrolysis) is 1. The van der Waals surface area contributed by atoms with Gasteiger partial charge >= 0.3 is 24.1 Å². The number of amides is 3. The monoisotopic (exact) mass is 1150 g/mol. The quantitative estimate of drug-likeness (QED) is 0.0274. The van der Waals surface area contributed by atoms with E-state index in [1.807, 2.05) is 56.5 Å². The molecule has 460 valence electrons. The van der Waals surface area contributed by atoms with Crippen LogP contribution in [-0.4, -0.2) is 104 Å². The van der Waals surface area contributed by atoms with Crippen molar-refractivity contribution in [1.82, 2.24) is 30.1 Å². The minimum atomic E-state index is -1.02. The van der Waals surface area contributed by atoms with Gasteiger partial charge in [0, 0.05) is 49.4 Å². The van der Waals surface area contributed by atoms with Crippen LogP contribution in [0.5, 0.6) is 0 Å². The second-order valence-corrected chi connectivity index (χ2v) is 25.1. The number of ether oxygens (including phenoxy) is 4. The Balaban J connectivity index is 1.64. The molecule has 0 spiro atoms. The third-order valence-corrected chi connectivity index (χ3v) is 15.4. The van der Waals surface area contributed by atoms with Crippen LogP contribution >= 0.6 is 11.8 Å². The van der Waals surface area contributed by atoms with E-state index in [1.165, 1.54) is 134 Å². The summed E-state index contributed by atoms with van der Waals surface area (Å²) >= 11 is 1.32. The van der Waals surface area contributed by atoms with Crippen LogP contribution in [-0.2, 0) is 46.4 Å². The van der Waals surface area contributed by atoms with Gasteiger partial charge in [0.1, 0.15) is 41.3 Å². The normalized spacial score (nSPS) is 12.6. The first kappa shape index (κ1) is 70.5. The van der Waals surface area contributed by atoms with E-state index in [1.54, 1.807) is 25.7 Å². The highest BCUT2D eigenvalue weighted by atomic mass is 32.2. The summed E-state index contributed by atoms with van der Waals surface area (Å²) in [7, 11) is 0. The van der Waals surface area contributed by atoms with Crippen molar-refractivity contribution in [2.24, 2.45) is 0 Å². The number of hydrogen-bond acceptors (Lipinski definition) is 13. The molecule has 0 fully saturated rings. The number of benzene rings is 1. The Bertz CT molecular complexity index is 2260. The van der Waals surface area contributed by atoms with E-state index in [4.69, 9.17) is 29.7 Å². The smallest absolute Gasteiger partial charge is 0.410 e. The minimum Gasteiger partial charge on any atom is -0.462 e. The Morgan fingerprint density at radius 3 is 1.67 bits per heavy atom. The molecule has 17 heteroatoms. The first-order chi connectivity index (χ1) is 38.8. The van der Waals surface area contributed by atoms with Crippen LogP contribution in [0.4, 0.5) is 15.4 Å². The van der Waals surface area contributed by atoms with Crippen LogP contribution in [0.3, 0.4) is 0 Å². The molecule has 0 saturated heterocycles. The third kappa shape index (κ3) is 30.9. The van der Waals surface area contributed by atoms with Crippen LogP contribution in [0.1, 0.15) is 254 Å². The summed E-state index contributed by atoms with van der Waals surface area (Å²) in [6.45, 7) is 18.2. The molecule has 2 atom stereocenters. The largest absolute Gasteiger partial charge is 0.462 e. The van der Waals surface area contributed by atoms with Gasteiger partial charge < -0.3 is 44.8 Å². The molecule has 0 aliphatic heterocycles. The van der Waals surface area contributed by atoms with Crippen LogP contribution < -0.4 is 16.4 Å². The maximum atomic E-state index is 14.1. The van der Waals surface area contributed by atoms with Gasteiger partial charge in [-0.15, -0.1) is 0 Å². The van der Waals surface area contributed by atoms with E-state index in [0.29, 0.717) is 42.8 Å². The number of nitrogens with one attached hydrogen (secondary N) is 2. The van der Waals surface area contributed by atoms with E-state index in [9.17, 15) is 24.0 Å². The zero-order chi connectivity index (χ0) is 59.3. The van der Waals surface area contributed by atoms with Crippen molar-refractivity contribution in [3.05, 3.63) is 30.1 Å². The highest BCUT2D eigenvalue weighted by molar-refractivity contribution is 7.99. The minimum absolute atomic E-state index is 0.0965. The summed E-state index contributed by atoms with van der Waals surface area (Å²) in [5, 5.41) is 6.62. The summed E-state index contributed by atoms with van der Waals surface area (Å²) in [6.07, 6.45) is 30.5. The molecule has 0 aliphatic carbocycles. The van der Waals surface area contributed by atoms with Gasteiger partial charge in [-0.25, -0.2) is 19.6 Å². The van der Waals surface area contributed by atoms with Gasteiger partial charge in [0.15, 0.2) is 5.82 Å². The number of aromatic nitrogens is 3. The second kappa shape index (κ2) is 40.4. The first-order valence-electron chi connectivity index (χ1n) is 31.6. The predicted molar refractivity (Wildman–Crippen MR) is 331 cm³/mol. The number of nitrogens with zero attached hydrogens (tertiary/aromatic N) is 4. The zero-order valence-electron chi connectivity index (χ0n) is 51.9. The van der Waals surface area contributed by atoms with Crippen LogP contribution in [0, 0.1) is 0 Å². The fourth-order valence-electron chi connectivity index (χ4n) is 9.78. The Hall–Kier alpha value is -4.80.